The maximum Gasteiger partial charge on any atom is 0.417 e. The van der Waals surface area contributed by atoms with Crippen LogP contribution < -0.4 is 0 Å². The molecular weight excluding hydrogens is 326 g/mol. The van der Waals surface area contributed by atoms with E-state index in [0.29, 0.717) is 3.57 Å². The summed E-state index contributed by atoms with van der Waals surface area (Å²) in [7, 11) is 0. The fraction of sp³-hybridized carbons (Fsp3) is 0.125. The van der Waals surface area contributed by atoms with Crippen molar-refractivity contribution < 1.29 is 13.2 Å². The number of nitrogens with zero attached hydrogens (tertiary/aromatic N) is 1. The molecule has 1 aromatic carbocycles. The van der Waals surface area contributed by atoms with Gasteiger partial charge in [0.05, 0.1) is 11.1 Å². The lowest BCUT2D eigenvalue weighted by Gasteiger charge is -2.10. The van der Waals surface area contributed by atoms with Crippen molar-refractivity contribution in [3.8, 4) is 6.07 Å². The van der Waals surface area contributed by atoms with Gasteiger partial charge >= 0.3 is 6.18 Å². The number of thiol groups is 1. The van der Waals surface area contributed by atoms with Gasteiger partial charge in [0.2, 0.25) is 0 Å². The Morgan fingerprint density at radius 1 is 1.36 bits per heavy atom. The smallest absolute Gasteiger partial charge is 0.192 e. The Kier molecular flexibility index (Phi) is 3.32. The Hall–Kier alpha value is -0.420. The SMILES string of the molecule is N#Cc1cc(C(F)(F)F)c(S)cc1I. The van der Waals surface area contributed by atoms with Gasteiger partial charge in [-0.2, -0.15) is 18.4 Å². The number of halogens is 4. The number of hydrogen-bond donors (Lipinski definition) is 1. The number of alkyl halides is 3. The predicted molar refractivity (Wildman–Crippen MR) is 56.1 cm³/mol. The Morgan fingerprint density at radius 3 is 2.36 bits per heavy atom. The van der Waals surface area contributed by atoms with Crippen LogP contribution in [0.2, 0.25) is 0 Å². The fourth-order valence-electron chi connectivity index (χ4n) is 0.875. The summed E-state index contributed by atoms with van der Waals surface area (Å²) in [5.41, 5.74) is -0.867. The highest BCUT2D eigenvalue weighted by molar-refractivity contribution is 14.1. The van der Waals surface area contributed by atoms with Crippen molar-refractivity contribution >= 4 is 35.2 Å². The minimum absolute atomic E-state index is 0.00993. The van der Waals surface area contributed by atoms with Crippen molar-refractivity contribution in [1.82, 2.24) is 0 Å². The van der Waals surface area contributed by atoms with Crippen LogP contribution in [0.15, 0.2) is 17.0 Å². The topological polar surface area (TPSA) is 23.8 Å². The van der Waals surface area contributed by atoms with Crippen LogP contribution in [0.3, 0.4) is 0 Å². The van der Waals surface area contributed by atoms with E-state index in [9.17, 15) is 13.2 Å². The lowest BCUT2D eigenvalue weighted by atomic mass is 10.1. The van der Waals surface area contributed by atoms with Gasteiger partial charge in [0.15, 0.2) is 0 Å². The summed E-state index contributed by atoms with van der Waals surface area (Å²) < 4.78 is 37.5. The normalized spacial score (nSPS) is 11.1. The average Bonchev–Trinajstić information content (AvgIpc) is 2.02. The molecule has 0 atom stereocenters. The first-order valence-corrected chi connectivity index (χ1v) is 4.88. The monoisotopic (exact) mass is 329 g/mol. The molecule has 0 aromatic heterocycles. The number of benzene rings is 1. The highest BCUT2D eigenvalue weighted by atomic mass is 127. The van der Waals surface area contributed by atoms with Gasteiger partial charge in [0, 0.05) is 8.47 Å². The standard InChI is InChI=1S/C8H3F3INS/c9-8(10,11)5-1-4(3-13)6(12)2-7(5)14/h1-2,14H. The van der Waals surface area contributed by atoms with E-state index in [4.69, 9.17) is 5.26 Å². The number of nitriles is 1. The first kappa shape index (κ1) is 11.7. The van der Waals surface area contributed by atoms with Crippen LogP contribution in [0.1, 0.15) is 11.1 Å². The van der Waals surface area contributed by atoms with Gasteiger partial charge in [-0.25, -0.2) is 0 Å². The molecule has 1 aromatic rings. The molecule has 0 unspecified atom stereocenters. The third-order valence-corrected chi connectivity index (χ3v) is 2.77. The van der Waals surface area contributed by atoms with Crippen LogP contribution in [0, 0.1) is 14.9 Å². The van der Waals surface area contributed by atoms with Crippen LogP contribution in [0.25, 0.3) is 0 Å². The molecule has 0 heterocycles. The Morgan fingerprint density at radius 2 is 1.93 bits per heavy atom. The Balaban J connectivity index is 3.41. The van der Waals surface area contributed by atoms with Gasteiger partial charge in [-0.15, -0.1) is 12.6 Å². The van der Waals surface area contributed by atoms with E-state index in [0.717, 1.165) is 6.07 Å². The molecule has 1 nitrogen and oxygen atoms in total. The summed E-state index contributed by atoms with van der Waals surface area (Å²) >= 11 is 5.51. The minimum Gasteiger partial charge on any atom is -0.192 e. The van der Waals surface area contributed by atoms with Gasteiger partial charge in [0.1, 0.15) is 6.07 Å². The third kappa shape index (κ3) is 2.33. The summed E-state index contributed by atoms with van der Waals surface area (Å²) in [6, 6.07) is 3.73. The van der Waals surface area contributed by atoms with Crippen LogP contribution in [0.4, 0.5) is 13.2 Å². The van der Waals surface area contributed by atoms with E-state index < -0.39 is 11.7 Å². The summed E-state index contributed by atoms with van der Waals surface area (Å²) in [4.78, 5) is -0.166. The van der Waals surface area contributed by atoms with E-state index >= 15 is 0 Å². The van der Waals surface area contributed by atoms with E-state index in [2.05, 4.69) is 12.6 Å². The molecule has 74 valence electrons. The third-order valence-electron chi connectivity index (χ3n) is 1.51. The minimum atomic E-state index is -4.47. The van der Waals surface area contributed by atoms with Gasteiger partial charge in [-0.05, 0) is 34.7 Å². The molecule has 0 aliphatic carbocycles. The van der Waals surface area contributed by atoms with E-state index in [1.54, 1.807) is 28.7 Å². The predicted octanol–water partition coefficient (Wildman–Crippen LogP) is 3.47. The molecule has 0 aliphatic rings. The fourth-order valence-corrected chi connectivity index (χ4v) is 2.03. The second-order valence-corrected chi connectivity index (χ2v) is 4.10. The Labute approximate surface area is 97.5 Å². The van der Waals surface area contributed by atoms with Crippen molar-refractivity contribution in [2.75, 3.05) is 0 Å². The zero-order valence-corrected chi connectivity index (χ0v) is 9.61. The van der Waals surface area contributed by atoms with E-state index in [1.807, 2.05) is 0 Å². The maximum atomic E-state index is 12.3. The van der Waals surface area contributed by atoms with Crippen molar-refractivity contribution in [3.05, 3.63) is 26.8 Å². The molecule has 0 spiro atoms. The molecule has 0 N–H and O–H groups in total. The second-order valence-electron chi connectivity index (χ2n) is 2.46. The zero-order valence-electron chi connectivity index (χ0n) is 6.56. The molecule has 0 bridgehead atoms. The summed E-state index contributed by atoms with van der Waals surface area (Å²) in [5, 5.41) is 8.55. The lowest BCUT2D eigenvalue weighted by Crippen LogP contribution is -2.07. The Bertz CT molecular complexity index is 408. The van der Waals surface area contributed by atoms with E-state index in [1.165, 1.54) is 6.07 Å². The van der Waals surface area contributed by atoms with Crippen LogP contribution in [0.5, 0.6) is 0 Å². The largest absolute Gasteiger partial charge is 0.417 e. The molecule has 0 aliphatic heterocycles. The van der Waals surface area contributed by atoms with E-state index in [-0.39, 0.29) is 10.5 Å². The summed E-state index contributed by atoms with van der Waals surface area (Å²) in [5.74, 6) is 0. The van der Waals surface area contributed by atoms with Crippen molar-refractivity contribution in [2.24, 2.45) is 0 Å². The molecule has 0 saturated carbocycles. The van der Waals surface area contributed by atoms with Gasteiger partial charge in [-0.1, -0.05) is 0 Å². The van der Waals surface area contributed by atoms with Gasteiger partial charge < -0.3 is 0 Å². The van der Waals surface area contributed by atoms with Crippen molar-refractivity contribution in [2.45, 2.75) is 11.1 Å². The molecule has 14 heavy (non-hydrogen) atoms. The molecular formula is C8H3F3INS. The molecule has 6 heteroatoms. The highest BCUT2D eigenvalue weighted by Crippen LogP contribution is 2.35. The molecule has 0 saturated heterocycles. The first-order chi connectivity index (χ1) is 6.36. The van der Waals surface area contributed by atoms with Crippen molar-refractivity contribution in [3.63, 3.8) is 0 Å². The van der Waals surface area contributed by atoms with Crippen LogP contribution in [-0.2, 0) is 6.18 Å². The zero-order chi connectivity index (χ0) is 10.9. The van der Waals surface area contributed by atoms with Crippen LogP contribution in [-0.4, -0.2) is 0 Å². The molecule has 0 fully saturated rings. The molecule has 0 amide bonds. The first-order valence-electron chi connectivity index (χ1n) is 3.36. The van der Waals surface area contributed by atoms with Crippen molar-refractivity contribution in [1.29, 1.82) is 5.26 Å². The molecule has 1 rings (SSSR count). The maximum absolute atomic E-state index is 12.3. The van der Waals surface area contributed by atoms with Crippen LogP contribution >= 0.6 is 35.2 Å². The van der Waals surface area contributed by atoms with Gasteiger partial charge in [-0.3, -0.25) is 0 Å². The highest BCUT2D eigenvalue weighted by Gasteiger charge is 2.33. The number of rotatable bonds is 0. The van der Waals surface area contributed by atoms with Gasteiger partial charge in [0.25, 0.3) is 0 Å². The lowest BCUT2D eigenvalue weighted by molar-refractivity contribution is -0.139. The quantitative estimate of drug-likeness (QED) is 0.572. The summed E-state index contributed by atoms with van der Waals surface area (Å²) in [6.45, 7) is 0. The molecule has 0 radical (unpaired) electrons. The second kappa shape index (κ2) is 3.98. The average molecular weight is 329 g/mol. The summed E-state index contributed by atoms with van der Waals surface area (Å²) in [6.07, 6.45) is -4.47. The number of hydrogen-bond acceptors (Lipinski definition) is 2.